The highest BCUT2D eigenvalue weighted by atomic mass is 16.3. The summed E-state index contributed by atoms with van der Waals surface area (Å²) in [6.45, 7) is 2.12. The summed E-state index contributed by atoms with van der Waals surface area (Å²) in [5, 5.41) is 25.5. The van der Waals surface area contributed by atoms with E-state index in [1.807, 2.05) is 36.5 Å². The first-order chi connectivity index (χ1) is 17.6. The first kappa shape index (κ1) is 22.3. The molecule has 178 valence electrons. The number of fused-ring (bicyclic) bond motifs is 2. The molecule has 1 aliphatic rings. The van der Waals surface area contributed by atoms with Crippen LogP contribution < -0.4 is 5.32 Å². The van der Waals surface area contributed by atoms with Crippen LogP contribution in [0.15, 0.2) is 79.0 Å². The molecule has 2 aromatic heterocycles. The van der Waals surface area contributed by atoms with Crippen LogP contribution in [0.5, 0.6) is 0 Å². The smallest absolute Gasteiger partial charge is 0.101 e. The van der Waals surface area contributed by atoms with Crippen LogP contribution in [0.4, 0.5) is 5.69 Å². The van der Waals surface area contributed by atoms with Gasteiger partial charge in [-0.15, -0.1) is 0 Å². The summed E-state index contributed by atoms with van der Waals surface area (Å²) in [5.41, 5.74) is 8.01. The molecule has 2 N–H and O–H groups in total. The SMILES string of the molecule is Cc1cc2c(-c3cnc4ccccc4c3)cccc2n1-c1ccc(C#N)c(NC2CCC(O)CC2)c1. The number of nitrogens with zero attached hydrogens (tertiary/aromatic N) is 3. The van der Waals surface area contributed by atoms with Crippen molar-refractivity contribution < 1.29 is 5.11 Å². The first-order valence-corrected chi connectivity index (χ1v) is 12.6. The summed E-state index contributed by atoms with van der Waals surface area (Å²) in [4.78, 5) is 4.68. The minimum atomic E-state index is -0.203. The zero-order valence-electron chi connectivity index (χ0n) is 20.3. The number of anilines is 1. The van der Waals surface area contributed by atoms with Crippen LogP contribution in [0.1, 0.15) is 36.9 Å². The Bertz CT molecular complexity index is 1620. The lowest BCUT2D eigenvalue weighted by atomic mass is 9.93. The normalized spacial score (nSPS) is 17.8. The van der Waals surface area contributed by atoms with E-state index in [9.17, 15) is 10.4 Å². The van der Waals surface area contributed by atoms with Crippen molar-refractivity contribution in [3.8, 4) is 22.9 Å². The minimum absolute atomic E-state index is 0.203. The summed E-state index contributed by atoms with van der Waals surface area (Å²) in [6, 6.07) is 27.6. The van der Waals surface area contributed by atoms with Gasteiger partial charge < -0.3 is 15.0 Å². The highest BCUT2D eigenvalue weighted by Crippen LogP contribution is 2.35. The number of para-hydroxylation sites is 1. The maximum absolute atomic E-state index is 9.86. The van der Waals surface area contributed by atoms with Crippen LogP contribution in [0.3, 0.4) is 0 Å². The van der Waals surface area contributed by atoms with Crippen molar-refractivity contribution in [1.29, 1.82) is 5.26 Å². The number of aryl methyl sites for hydroxylation is 1. The van der Waals surface area contributed by atoms with E-state index in [0.717, 1.165) is 70.3 Å². The van der Waals surface area contributed by atoms with Crippen LogP contribution in [0.2, 0.25) is 0 Å². The summed E-state index contributed by atoms with van der Waals surface area (Å²) >= 11 is 0. The quantitative estimate of drug-likeness (QED) is 0.304. The lowest BCUT2D eigenvalue weighted by molar-refractivity contribution is 0.126. The molecule has 0 saturated heterocycles. The summed E-state index contributed by atoms with van der Waals surface area (Å²) < 4.78 is 2.25. The Morgan fingerprint density at radius 1 is 0.972 bits per heavy atom. The van der Waals surface area contributed by atoms with Crippen LogP contribution in [0.25, 0.3) is 38.6 Å². The molecule has 5 heteroatoms. The molecule has 5 aromatic rings. The number of aliphatic hydroxyl groups excluding tert-OH is 1. The summed E-state index contributed by atoms with van der Waals surface area (Å²) in [6.07, 6.45) is 5.16. The third-order valence-electron chi connectivity index (χ3n) is 7.37. The Kier molecular flexibility index (Phi) is 5.67. The van der Waals surface area contributed by atoms with Gasteiger partial charge in [-0.2, -0.15) is 5.26 Å². The molecule has 0 spiro atoms. The van der Waals surface area contributed by atoms with Gasteiger partial charge in [-0.25, -0.2) is 0 Å². The van der Waals surface area contributed by atoms with Crippen molar-refractivity contribution in [3.63, 3.8) is 0 Å². The largest absolute Gasteiger partial charge is 0.393 e. The molecule has 6 rings (SSSR count). The number of aromatic nitrogens is 2. The highest BCUT2D eigenvalue weighted by Gasteiger charge is 2.21. The molecule has 0 unspecified atom stereocenters. The number of pyridine rings is 1. The van der Waals surface area contributed by atoms with Crippen molar-refractivity contribution in [2.24, 2.45) is 0 Å². The van der Waals surface area contributed by atoms with E-state index >= 15 is 0 Å². The maximum Gasteiger partial charge on any atom is 0.101 e. The molecule has 1 saturated carbocycles. The molecule has 1 fully saturated rings. The number of hydrogen-bond donors (Lipinski definition) is 2. The molecular formula is C31H28N4O. The Morgan fingerprint density at radius 3 is 2.64 bits per heavy atom. The van der Waals surface area contributed by atoms with E-state index in [1.54, 1.807) is 0 Å². The molecule has 36 heavy (non-hydrogen) atoms. The van der Waals surface area contributed by atoms with Crippen molar-refractivity contribution in [2.75, 3.05) is 5.32 Å². The molecule has 1 aliphatic carbocycles. The monoisotopic (exact) mass is 472 g/mol. The van der Waals surface area contributed by atoms with Gasteiger partial charge in [0.25, 0.3) is 0 Å². The number of nitrogens with one attached hydrogen (secondary N) is 1. The minimum Gasteiger partial charge on any atom is -0.393 e. The van der Waals surface area contributed by atoms with E-state index in [2.05, 4.69) is 70.3 Å². The second-order valence-corrected chi connectivity index (χ2v) is 9.77. The van der Waals surface area contributed by atoms with Crippen molar-refractivity contribution in [2.45, 2.75) is 44.8 Å². The third kappa shape index (κ3) is 4.00. The van der Waals surface area contributed by atoms with Gasteiger partial charge in [0.2, 0.25) is 0 Å². The van der Waals surface area contributed by atoms with Crippen LogP contribution in [-0.2, 0) is 0 Å². The van der Waals surface area contributed by atoms with E-state index in [4.69, 9.17) is 0 Å². The number of aliphatic hydroxyl groups is 1. The number of benzene rings is 3. The average Bonchev–Trinajstić information content (AvgIpc) is 3.25. The fourth-order valence-corrected chi connectivity index (χ4v) is 5.50. The predicted molar refractivity (Wildman–Crippen MR) is 145 cm³/mol. The average molecular weight is 473 g/mol. The van der Waals surface area contributed by atoms with Gasteiger partial charge in [0, 0.05) is 40.0 Å². The lowest BCUT2D eigenvalue weighted by Crippen LogP contribution is -2.28. The maximum atomic E-state index is 9.86. The molecule has 0 radical (unpaired) electrons. The molecule has 0 atom stereocenters. The summed E-state index contributed by atoms with van der Waals surface area (Å²) in [5.74, 6) is 0. The molecule has 0 amide bonds. The van der Waals surface area contributed by atoms with Gasteiger partial charge in [0.05, 0.1) is 28.4 Å². The number of nitriles is 1. The molecule has 0 aliphatic heterocycles. The second-order valence-electron chi connectivity index (χ2n) is 9.77. The van der Waals surface area contributed by atoms with Crippen molar-refractivity contribution >= 4 is 27.5 Å². The van der Waals surface area contributed by atoms with Gasteiger partial charge in [0.1, 0.15) is 6.07 Å². The van der Waals surface area contributed by atoms with E-state index < -0.39 is 0 Å². The van der Waals surface area contributed by atoms with E-state index in [0.29, 0.717) is 5.56 Å². The zero-order valence-corrected chi connectivity index (χ0v) is 20.3. The zero-order chi connectivity index (χ0) is 24.6. The van der Waals surface area contributed by atoms with Gasteiger partial charge in [-0.05, 0) is 80.6 Å². The van der Waals surface area contributed by atoms with Gasteiger partial charge in [-0.1, -0.05) is 30.3 Å². The Morgan fingerprint density at radius 2 is 1.81 bits per heavy atom. The van der Waals surface area contributed by atoms with E-state index in [1.165, 1.54) is 5.39 Å². The topological polar surface area (TPSA) is 73.9 Å². The molecule has 2 heterocycles. The predicted octanol–water partition coefficient (Wildman–Crippen LogP) is 6.74. The summed E-state index contributed by atoms with van der Waals surface area (Å²) in [7, 11) is 0. The Balaban J connectivity index is 1.42. The lowest BCUT2D eigenvalue weighted by Gasteiger charge is -2.27. The second kappa shape index (κ2) is 9.14. The Labute approximate surface area is 210 Å². The standard InChI is InChI=1S/C31H28N4O/c1-20-15-28-27(23-16-21-5-2-3-7-29(21)33-19-23)6-4-8-31(28)35(20)25-12-9-22(18-32)30(17-25)34-24-10-13-26(36)14-11-24/h2-9,12,15-17,19,24,26,34,36H,10-11,13-14H2,1H3. The van der Waals surface area contributed by atoms with E-state index in [-0.39, 0.29) is 12.1 Å². The van der Waals surface area contributed by atoms with Crippen LogP contribution in [-0.4, -0.2) is 26.8 Å². The van der Waals surface area contributed by atoms with Gasteiger partial charge in [-0.3, -0.25) is 4.98 Å². The number of hydrogen-bond acceptors (Lipinski definition) is 4. The fourth-order valence-electron chi connectivity index (χ4n) is 5.50. The van der Waals surface area contributed by atoms with Crippen molar-refractivity contribution in [1.82, 2.24) is 9.55 Å². The molecule has 5 nitrogen and oxygen atoms in total. The fraction of sp³-hybridized carbons (Fsp3) is 0.226. The van der Waals surface area contributed by atoms with Gasteiger partial charge in [0.15, 0.2) is 0 Å². The first-order valence-electron chi connectivity index (χ1n) is 12.6. The Hall–Kier alpha value is -4.14. The third-order valence-corrected chi connectivity index (χ3v) is 7.37. The molecule has 3 aromatic carbocycles. The van der Waals surface area contributed by atoms with Gasteiger partial charge >= 0.3 is 0 Å². The van der Waals surface area contributed by atoms with Crippen LogP contribution in [0, 0.1) is 18.3 Å². The molecular weight excluding hydrogens is 444 g/mol. The van der Waals surface area contributed by atoms with Crippen LogP contribution >= 0.6 is 0 Å². The number of rotatable bonds is 4. The highest BCUT2D eigenvalue weighted by molar-refractivity contribution is 5.98. The van der Waals surface area contributed by atoms with Crippen molar-refractivity contribution in [3.05, 3.63) is 90.3 Å². The molecule has 0 bridgehead atoms.